The Bertz CT molecular complexity index is 1720. The molecule has 1 aromatic heterocycles. The number of benzene rings is 4. The number of thioether (sulfide) groups is 1. The number of carbonyl (C=O) groups excluding carboxylic acids is 3. The van der Waals surface area contributed by atoms with Gasteiger partial charge in [-0.15, -0.1) is 11.8 Å². The highest BCUT2D eigenvalue weighted by Gasteiger charge is 2.16. The van der Waals surface area contributed by atoms with Crippen molar-refractivity contribution in [2.45, 2.75) is 4.90 Å². The van der Waals surface area contributed by atoms with Crippen molar-refractivity contribution in [1.82, 2.24) is 10.3 Å². The fourth-order valence-electron chi connectivity index (χ4n) is 4.12. The molecule has 0 saturated heterocycles. The van der Waals surface area contributed by atoms with Crippen molar-refractivity contribution >= 4 is 57.7 Å². The van der Waals surface area contributed by atoms with Crippen LogP contribution < -0.4 is 16.0 Å². The molecule has 0 fully saturated rings. The second kappa shape index (κ2) is 13.2. The van der Waals surface area contributed by atoms with E-state index in [4.69, 9.17) is 0 Å². The van der Waals surface area contributed by atoms with Gasteiger partial charge < -0.3 is 16.0 Å². The van der Waals surface area contributed by atoms with Crippen LogP contribution in [0.5, 0.6) is 0 Å². The quantitative estimate of drug-likeness (QED) is 0.144. The largest absolute Gasteiger partial charge is 0.325 e. The molecular formula is C33H26N4O3S. The molecule has 0 aliphatic rings. The van der Waals surface area contributed by atoms with Gasteiger partial charge in [-0.2, -0.15) is 0 Å². The fraction of sp³-hybridized carbons (Fsp3) is 0.0303. The third kappa shape index (κ3) is 7.46. The molecule has 0 unspecified atom stereocenters. The van der Waals surface area contributed by atoms with E-state index in [2.05, 4.69) is 20.9 Å². The number of rotatable bonds is 9. The number of nitrogens with one attached hydrogen (secondary N) is 3. The Labute approximate surface area is 241 Å². The average Bonchev–Trinajstić information content (AvgIpc) is 3.01. The van der Waals surface area contributed by atoms with E-state index < -0.39 is 11.8 Å². The number of amides is 3. The van der Waals surface area contributed by atoms with Gasteiger partial charge in [0, 0.05) is 34.2 Å². The number of fused-ring (bicyclic) bond motifs is 1. The molecular weight excluding hydrogens is 532 g/mol. The van der Waals surface area contributed by atoms with Crippen LogP contribution >= 0.6 is 11.8 Å². The Morgan fingerprint density at radius 3 is 2.29 bits per heavy atom. The lowest BCUT2D eigenvalue weighted by Crippen LogP contribution is -2.30. The number of hydrogen-bond acceptors (Lipinski definition) is 5. The molecule has 0 aliphatic carbocycles. The zero-order valence-electron chi connectivity index (χ0n) is 21.9. The summed E-state index contributed by atoms with van der Waals surface area (Å²) in [5.74, 6) is -0.824. The van der Waals surface area contributed by atoms with Crippen molar-refractivity contribution < 1.29 is 14.4 Å². The van der Waals surface area contributed by atoms with E-state index in [0.717, 1.165) is 21.2 Å². The Kier molecular flexibility index (Phi) is 8.83. The summed E-state index contributed by atoms with van der Waals surface area (Å²) < 4.78 is 0. The Morgan fingerprint density at radius 2 is 1.46 bits per heavy atom. The number of anilines is 2. The predicted octanol–water partition coefficient (Wildman–Crippen LogP) is 6.38. The van der Waals surface area contributed by atoms with Crippen LogP contribution in [0.4, 0.5) is 11.4 Å². The monoisotopic (exact) mass is 558 g/mol. The van der Waals surface area contributed by atoms with Crippen LogP contribution in [0.15, 0.2) is 132 Å². The number of aromatic nitrogens is 1. The lowest BCUT2D eigenvalue weighted by atomic mass is 10.0. The molecule has 0 bridgehead atoms. The number of hydrogen-bond donors (Lipinski definition) is 3. The van der Waals surface area contributed by atoms with Gasteiger partial charge in [-0.1, -0.05) is 66.7 Å². The van der Waals surface area contributed by atoms with Gasteiger partial charge in [0.05, 0.1) is 5.75 Å². The molecule has 0 atom stereocenters. The first-order chi connectivity index (χ1) is 20.0. The zero-order valence-corrected chi connectivity index (χ0v) is 22.7. The molecule has 3 N–H and O–H groups in total. The van der Waals surface area contributed by atoms with Crippen LogP contribution in [0.3, 0.4) is 0 Å². The van der Waals surface area contributed by atoms with Gasteiger partial charge in [0.15, 0.2) is 0 Å². The molecule has 202 valence electrons. The summed E-state index contributed by atoms with van der Waals surface area (Å²) in [4.78, 5) is 43.7. The van der Waals surface area contributed by atoms with Gasteiger partial charge in [-0.05, 0) is 64.9 Å². The van der Waals surface area contributed by atoms with E-state index in [1.165, 1.54) is 11.8 Å². The first-order valence-electron chi connectivity index (χ1n) is 12.8. The first kappa shape index (κ1) is 27.4. The molecule has 0 spiro atoms. The summed E-state index contributed by atoms with van der Waals surface area (Å²) >= 11 is 1.35. The van der Waals surface area contributed by atoms with Gasteiger partial charge in [-0.25, -0.2) is 0 Å². The van der Waals surface area contributed by atoms with E-state index in [9.17, 15) is 14.4 Å². The minimum atomic E-state index is -0.472. The maximum atomic E-state index is 13.5. The van der Waals surface area contributed by atoms with Crippen molar-refractivity contribution in [3.8, 4) is 0 Å². The maximum Gasteiger partial charge on any atom is 0.272 e. The summed E-state index contributed by atoms with van der Waals surface area (Å²) in [6.45, 7) is 0. The van der Waals surface area contributed by atoms with Crippen LogP contribution in [0.2, 0.25) is 0 Å². The molecule has 7 nitrogen and oxygen atoms in total. The minimum Gasteiger partial charge on any atom is -0.325 e. The third-order valence-electron chi connectivity index (χ3n) is 6.08. The normalized spacial score (nSPS) is 11.1. The van der Waals surface area contributed by atoms with E-state index in [1.54, 1.807) is 73.1 Å². The summed E-state index contributed by atoms with van der Waals surface area (Å²) in [7, 11) is 0. The second-order valence-corrected chi connectivity index (χ2v) is 10.0. The predicted molar refractivity (Wildman–Crippen MR) is 164 cm³/mol. The van der Waals surface area contributed by atoms with Crippen LogP contribution in [-0.2, 0) is 9.59 Å². The molecule has 0 radical (unpaired) electrons. The number of carbonyl (C=O) groups is 3. The summed E-state index contributed by atoms with van der Waals surface area (Å²) in [5.41, 5.74) is 2.55. The second-order valence-electron chi connectivity index (χ2n) is 9.00. The highest BCUT2D eigenvalue weighted by Crippen LogP contribution is 2.24. The topological polar surface area (TPSA) is 100 Å². The fourth-order valence-corrected chi connectivity index (χ4v) is 4.87. The van der Waals surface area contributed by atoms with Crippen molar-refractivity contribution in [2.75, 3.05) is 16.4 Å². The Morgan fingerprint density at radius 1 is 0.732 bits per heavy atom. The Hall–Kier alpha value is -5.21. The molecule has 4 aromatic carbocycles. The van der Waals surface area contributed by atoms with Crippen LogP contribution in [0.25, 0.3) is 16.8 Å². The summed E-state index contributed by atoms with van der Waals surface area (Å²) in [5, 5.41) is 10.5. The van der Waals surface area contributed by atoms with Crippen LogP contribution in [0, 0.1) is 0 Å². The molecule has 41 heavy (non-hydrogen) atoms. The van der Waals surface area contributed by atoms with E-state index in [0.29, 0.717) is 16.9 Å². The van der Waals surface area contributed by atoms with Gasteiger partial charge in [0.1, 0.15) is 5.70 Å². The number of nitrogens with zero attached hydrogens (tertiary/aromatic N) is 1. The van der Waals surface area contributed by atoms with E-state index in [1.807, 2.05) is 54.6 Å². The molecule has 1 heterocycles. The van der Waals surface area contributed by atoms with Crippen molar-refractivity contribution in [3.05, 3.63) is 138 Å². The Balaban J connectivity index is 1.34. The molecule has 8 heteroatoms. The van der Waals surface area contributed by atoms with Gasteiger partial charge in [-0.3, -0.25) is 19.4 Å². The van der Waals surface area contributed by atoms with Gasteiger partial charge >= 0.3 is 0 Å². The SMILES string of the molecule is O=C(CSc1cccc(NC(=O)/C(=C\c2cccc3ccccc23)NC(=O)c2ccccc2)c1)Nc1ccncc1. The van der Waals surface area contributed by atoms with Crippen LogP contribution in [0.1, 0.15) is 15.9 Å². The lowest BCUT2D eigenvalue weighted by Gasteiger charge is -2.13. The number of pyridine rings is 1. The molecule has 5 aromatic rings. The first-order valence-corrected chi connectivity index (χ1v) is 13.8. The van der Waals surface area contributed by atoms with Crippen molar-refractivity contribution in [1.29, 1.82) is 0 Å². The van der Waals surface area contributed by atoms with Gasteiger partial charge in [0.25, 0.3) is 11.8 Å². The minimum absolute atomic E-state index is 0.102. The van der Waals surface area contributed by atoms with Crippen molar-refractivity contribution in [3.63, 3.8) is 0 Å². The summed E-state index contributed by atoms with van der Waals surface area (Å²) in [6, 6.07) is 33.1. The van der Waals surface area contributed by atoms with Gasteiger partial charge in [0.2, 0.25) is 5.91 Å². The van der Waals surface area contributed by atoms with Crippen LogP contribution in [-0.4, -0.2) is 28.5 Å². The third-order valence-corrected chi connectivity index (χ3v) is 7.07. The molecule has 0 saturated carbocycles. The lowest BCUT2D eigenvalue weighted by molar-refractivity contribution is -0.114. The smallest absolute Gasteiger partial charge is 0.272 e. The maximum absolute atomic E-state index is 13.5. The summed E-state index contributed by atoms with van der Waals surface area (Å²) in [6.07, 6.45) is 4.90. The standard InChI is InChI=1S/C33H26N4O3S/c38-31(35-26-16-18-34-19-17-26)22-41-28-14-7-13-27(21-28)36-33(40)30(37-32(39)24-9-2-1-3-10-24)20-25-12-6-11-23-8-4-5-15-29(23)25/h1-21H,22H2,(H,36,40)(H,37,39)(H,34,35,38)/b30-20+. The highest BCUT2D eigenvalue weighted by molar-refractivity contribution is 8.00. The highest BCUT2D eigenvalue weighted by atomic mass is 32.2. The zero-order chi connectivity index (χ0) is 28.4. The molecule has 5 rings (SSSR count). The molecule has 0 aliphatic heterocycles. The molecule has 3 amide bonds. The average molecular weight is 559 g/mol. The van der Waals surface area contributed by atoms with E-state index in [-0.39, 0.29) is 17.4 Å². The van der Waals surface area contributed by atoms with Crippen molar-refractivity contribution in [2.24, 2.45) is 0 Å². The van der Waals surface area contributed by atoms with E-state index >= 15 is 0 Å².